The standard InChI is InChI=1S/C18H18ClN3OS/c1-2-5-12-8-9-13-15(20)16(24-18(13)22-12)17(23)21-10-11-6-3-4-7-14(11)19/h3-4,6-9H,2,5,10,20H2,1H3,(H,21,23). The van der Waals surface area contributed by atoms with E-state index in [1.165, 1.54) is 11.3 Å². The minimum Gasteiger partial charge on any atom is -0.397 e. The SMILES string of the molecule is CCCc1ccc2c(N)c(C(=O)NCc3ccccc3Cl)sc2n1. The number of nitrogens with zero attached hydrogens (tertiary/aromatic N) is 1. The summed E-state index contributed by atoms with van der Waals surface area (Å²) in [5.41, 5.74) is 8.53. The van der Waals surface area contributed by atoms with Crippen molar-refractivity contribution in [1.29, 1.82) is 0 Å². The molecular weight excluding hydrogens is 342 g/mol. The van der Waals surface area contributed by atoms with Crippen molar-refractivity contribution in [2.45, 2.75) is 26.3 Å². The average Bonchev–Trinajstić information content (AvgIpc) is 2.91. The predicted molar refractivity (Wildman–Crippen MR) is 101 cm³/mol. The van der Waals surface area contributed by atoms with Crippen molar-refractivity contribution in [3.63, 3.8) is 0 Å². The maximum atomic E-state index is 12.5. The Hall–Kier alpha value is -2.11. The van der Waals surface area contributed by atoms with Gasteiger partial charge in [-0.25, -0.2) is 4.98 Å². The normalized spacial score (nSPS) is 10.9. The van der Waals surface area contributed by atoms with Gasteiger partial charge in [-0.2, -0.15) is 0 Å². The van der Waals surface area contributed by atoms with Crippen LogP contribution in [0.3, 0.4) is 0 Å². The molecule has 0 saturated heterocycles. The van der Waals surface area contributed by atoms with E-state index in [1.807, 2.05) is 30.3 Å². The number of nitrogens with one attached hydrogen (secondary N) is 1. The first kappa shape index (κ1) is 16.7. The molecule has 0 fully saturated rings. The second-order valence-electron chi connectivity index (χ2n) is 5.52. The molecule has 0 radical (unpaired) electrons. The molecule has 1 amide bonds. The fourth-order valence-electron chi connectivity index (χ4n) is 2.50. The van der Waals surface area contributed by atoms with E-state index in [0.29, 0.717) is 22.1 Å². The number of hydrogen-bond acceptors (Lipinski definition) is 4. The summed E-state index contributed by atoms with van der Waals surface area (Å²) in [6.07, 6.45) is 1.95. The van der Waals surface area contributed by atoms with E-state index in [9.17, 15) is 4.79 Å². The predicted octanol–water partition coefficient (Wildman–Crippen LogP) is 4.41. The molecule has 124 valence electrons. The molecule has 0 spiro atoms. The molecule has 0 unspecified atom stereocenters. The number of rotatable bonds is 5. The zero-order valence-corrected chi connectivity index (χ0v) is 14.9. The molecule has 0 bridgehead atoms. The Morgan fingerprint density at radius 1 is 1.29 bits per heavy atom. The van der Waals surface area contributed by atoms with Gasteiger partial charge in [0.25, 0.3) is 5.91 Å². The quantitative estimate of drug-likeness (QED) is 0.708. The highest BCUT2D eigenvalue weighted by Gasteiger charge is 2.17. The molecule has 2 aromatic heterocycles. The van der Waals surface area contributed by atoms with Crippen LogP contribution in [0.4, 0.5) is 5.69 Å². The second-order valence-corrected chi connectivity index (χ2v) is 6.93. The van der Waals surface area contributed by atoms with Crippen LogP contribution in [-0.2, 0) is 13.0 Å². The summed E-state index contributed by atoms with van der Waals surface area (Å²) in [5.74, 6) is -0.201. The van der Waals surface area contributed by atoms with Crippen LogP contribution in [0, 0.1) is 0 Å². The zero-order chi connectivity index (χ0) is 17.1. The number of benzene rings is 1. The van der Waals surface area contributed by atoms with Gasteiger partial charge in [-0.15, -0.1) is 11.3 Å². The molecule has 0 aliphatic heterocycles. The first-order valence-electron chi connectivity index (χ1n) is 7.79. The molecule has 24 heavy (non-hydrogen) atoms. The Bertz CT molecular complexity index is 891. The maximum Gasteiger partial charge on any atom is 0.263 e. The minimum absolute atomic E-state index is 0.201. The molecule has 6 heteroatoms. The van der Waals surface area contributed by atoms with E-state index >= 15 is 0 Å². The van der Waals surface area contributed by atoms with Crippen LogP contribution >= 0.6 is 22.9 Å². The van der Waals surface area contributed by atoms with Crippen LogP contribution in [0.2, 0.25) is 5.02 Å². The highest BCUT2D eigenvalue weighted by molar-refractivity contribution is 7.21. The van der Waals surface area contributed by atoms with Crippen molar-refractivity contribution in [3.05, 3.63) is 57.6 Å². The van der Waals surface area contributed by atoms with Gasteiger partial charge in [0.2, 0.25) is 0 Å². The van der Waals surface area contributed by atoms with Crippen LogP contribution in [0.5, 0.6) is 0 Å². The number of anilines is 1. The van der Waals surface area contributed by atoms with Gasteiger partial charge in [0.15, 0.2) is 0 Å². The summed E-state index contributed by atoms with van der Waals surface area (Å²) in [6, 6.07) is 11.4. The number of nitrogens with two attached hydrogens (primary N) is 1. The lowest BCUT2D eigenvalue weighted by Gasteiger charge is -2.06. The molecule has 3 N–H and O–H groups in total. The molecule has 3 rings (SSSR count). The summed E-state index contributed by atoms with van der Waals surface area (Å²) in [6.45, 7) is 2.48. The number of pyridine rings is 1. The second kappa shape index (κ2) is 7.20. The monoisotopic (exact) mass is 359 g/mol. The summed E-state index contributed by atoms with van der Waals surface area (Å²) in [7, 11) is 0. The van der Waals surface area contributed by atoms with Crippen molar-refractivity contribution in [3.8, 4) is 0 Å². The van der Waals surface area contributed by atoms with Crippen LogP contribution in [-0.4, -0.2) is 10.9 Å². The molecule has 4 nitrogen and oxygen atoms in total. The molecule has 0 atom stereocenters. The van der Waals surface area contributed by atoms with Crippen LogP contribution < -0.4 is 11.1 Å². The lowest BCUT2D eigenvalue weighted by Crippen LogP contribution is -2.22. The third-order valence-corrected chi connectivity index (χ3v) is 5.24. The van der Waals surface area contributed by atoms with Crippen molar-refractivity contribution < 1.29 is 4.79 Å². The zero-order valence-electron chi connectivity index (χ0n) is 13.3. The van der Waals surface area contributed by atoms with Crippen molar-refractivity contribution in [2.24, 2.45) is 0 Å². The number of carbonyl (C=O) groups excluding carboxylic acids is 1. The average molecular weight is 360 g/mol. The molecule has 0 aliphatic rings. The van der Waals surface area contributed by atoms with Gasteiger partial charge in [0.05, 0.1) is 5.69 Å². The van der Waals surface area contributed by atoms with Gasteiger partial charge in [0, 0.05) is 22.6 Å². The lowest BCUT2D eigenvalue weighted by atomic mass is 10.2. The fraction of sp³-hybridized carbons (Fsp3) is 0.222. The number of fused-ring (bicyclic) bond motifs is 1. The Morgan fingerprint density at radius 2 is 2.08 bits per heavy atom. The summed E-state index contributed by atoms with van der Waals surface area (Å²) in [4.78, 5) is 18.4. The van der Waals surface area contributed by atoms with Gasteiger partial charge < -0.3 is 11.1 Å². The van der Waals surface area contributed by atoms with Gasteiger partial charge in [0.1, 0.15) is 9.71 Å². The Kier molecular flexibility index (Phi) is 5.02. The van der Waals surface area contributed by atoms with Crippen LogP contribution in [0.25, 0.3) is 10.2 Å². The number of amides is 1. The highest BCUT2D eigenvalue weighted by atomic mass is 35.5. The highest BCUT2D eigenvalue weighted by Crippen LogP contribution is 2.32. The molecule has 1 aromatic carbocycles. The van der Waals surface area contributed by atoms with E-state index in [0.717, 1.165) is 34.3 Å². The Labute approximate surface area is 149 Å². The van der Waals surface area contributed by atoms with Gasteiger partial charge >= 0.3 is 0 Å². The number of aryl methyl sites for hydroxylation is 1. The summed E-state index contributed by atoms with van der Waals surface area (Å²) in [5, 5.41) is 4.35. The topological polar surface area (TPSA) is 68.0 Å². The molecule has 0 saturated carbocycles. The molecule has 0 aliphatic carbocycles. The smallest absolute Gasteiger partial charge is 0.263 e. The first-order chi connectivity index (χ1) is 11.6. The number of nitrogen functional groups attached to an aromatic ring is 1. The summed E-state index contributed by atoms with van der Waals surface area (Å²) >= 11 is 7.44. The third kappa shape index (κ3) is 3.37. The van der Waals surface area contributed by atoms with E-state index in [-0.39, 0.29) is 5.91 Å². The van der Waals surface area contributed by atoms with Crippen molar-refractivity contribution >= 4 is 44.7 Å². The Morgan fingerprint density at radius 3 is 2.83 bits per heavy atom. The van der Waals surface area contributed by atoms with Crippen molar-refractivity contribution in [1.82, 2.24) is 10.3 Å². The molecular formula is C18H18ClN3OS. The maximum absolute atomic E-state index is 12.5. The molecule has 3 aromatic rings. The van der Waals surface area contributed by atoms with Gasteiger partial charge in [-0.1, -0.05) is 43.1 Å². The lowest BCUT2D eigenvalue weighted by molar-refractivity contribution is 0.0956. The summed E-state index contributed by atoms with van der Waals surface area (Å²) < 4.78 is 0. The number of halogens is 1. The molecule has 2 heterocycles. The third-order valence-electron chi connectivity index (χ3n) is 3.76. The number of carbonyl (C=O) groups is 1. The van der Waals surface area contributed by atoms with E-state index in [2.05, 4.69) is 17.2 Å². The van der Waals surface area contributed by atoms with Gasteiger partial charge in [-0.3, -0.25) is 4.79 Å². The van der Waals surface area contributed by atoms with Crippen LogP contribution in [0.1, 0.15) is 34.3 Å². The van der Waals surface area contributed by atoms with E-state index in [1.54, 1.807) is 6.07 Å². The van der Waals surface area contributed by atoms with Crippen LogP contribution in [0.15, 0.2) is 36.4 Å². The minimum atomic E-state index is -0.201. The fourth-order valence-corrected chi connectivity index (χ4v) is 3.73. The van der Waals surface area contributed by atoms with E-state index < -0.39 is 0 Å². The van der Waals surface area contributed by atoms with Gasteiger partial charge in [-0.05, 0) is 30.2 Å². The van der Waals surface area contributed by atoms with Crippen molar-refractivity contribution in [2.75, 3.05) is 5.73 Å². The number of thiophene rings is 1. The first-order valence-corrected chi connectivity index (χ1v) is 8.99. The largest absolute Gasteiger partial charge is 0.397 e. The Balaban J connectivity index is 1.82. The number of aromatic nitrogens is 1. The van der Waals surface area contributed by atoms with E-state index in [4.69, 9.17) is 17.3 Å². The number of hydrogen-bond donors (Lipinski definition) is 2.